The predicted molar refractivity (Wildman–Crippen MR) is 68.2 cm³/mol. The van der Waals surface area contributed by atoms with E-state index in [-0.39, 0.29) is 0 Å². The molecule has 0 aromatic carbocycles. The number of pyridine rings is 2. The molecule has 0 saturated carbocycles. The average molecular weight is 307 g/mol. The number of anilines is 1. The molecular formula is C12H8BrFN4. The molecule has 0 saturated heterocycles. The van der Waals surface area contributed by atoms with Crippen LogP contribution in [0.2, 0.25) is 0 Å². The van der Waals surface area contributed by atoms with Gasteiger partial charge in [-0.3, -0.25) is 0 Å². The van der Waals surface area contributed by atoms with E-state index in [0.717, 1.165) is 5.56 Å². The first-order valence-corrected chi connectivity index (χ1v) is 5.89. The second-order valence-electron chi connectivity index (χ2n) is 3.48. The summed E-state index contributed by atoms with van der Waals surface area (Å²) in [6.45, 7) is 0.450. The first-order chi connectivity index (χ1) is 8.69. The molecular weight excluding hydrogens is 299 g/mol. The van der Waals surface area contributed by atoms with Crippen LogP contribution >= 0.6 is 15.9 Å². The van der Waals surface area contributed by atoms with Gasteiger partial charge in [0.15, 0.2) is 0 Å². The molecule has 2 aromatic rings. The van der Waals surface area contributed by atoms with Crippen LogP contribution in [0.25, 0.3) is 0 Å². The Hall–Kier alpha value is -2.00. The van der Waals surface area contributed by atoms with Gasteiger partial charge < -0.3 is 5.32 Å². The zero-order chi connectivity index (χ0) is 13.0. The van der Waals surface area contributed by atoms with E-state index < -0.39 is 5.95 Å². The van der Waals surface area contributed by atoms with E-state index in [2.05, 4.69) is 31.2 Å². The van der Waals surface area contributed by atoms with Crippen LogP contribution in [0.4, 0.5) is 10.2 Å². The monoisotopic (exact) mass is 306 g/mol. The van der Waals surface area contributed by atoms with Crippen LogP contribution in [-0.4, -0.2) is 9.97 Å². The molecule has 18 heavy (non-hydrogen) atoms. The topological polar surface area (TPSA) is 61.6 Å². The summed E-state index contributed by atoms with van der Waals surface area (Å²) in [5.41, 5.74) is 1.23. The van der Waals surface area contributed by atoms with Gasteiger partial charge in [0, 0.05) is 12.7 Å². The van der Waals surface area contributed by atoms with Gasteiger partial charge in [-0.2, -0.15) is 9.65 Å². The normalized spacial score (nSPS) is 9.83. The lowest BCUT2D eigenvalue weighted by molar-refractivity contribution is 0.578. The van der Waals surface area contributed by atoms with Gasteiger partial charge in [-0.15, -0.1) is 0 Å². The molecule has 0 amide bonds. The summed E-state index contributed by atoms with van der Waals surface area (Å²) in [4.78, 5) is 7.59. The van der Waals surface area contributed by atoms with Crippen LogP contribution in [0, 0.1) is 17.3 Å². The minimum atomic E-state index is -0.563. The van der Waals surface area contributed by atoms with E-state index >= 15 is 0 Å². The zero-order valence-corrected chi connectivity index (χ0v) is 10.8. The van der Waals surface area contributed by atoms with Gasteiger partial charge in [-0.1, -0.05) is 0 Å². The Kier molecular flexibility index (Phi) is 3.85. The molecule has 0 spiro atoms. The van der Waals surface area contributed by atoms with E-state index in [1.807, 2.05) is 6.07 Å². The van der Waals surface area contributed by atoms with Gasteiger partial charge in [0.25, 0.3) is 0 Å². The number of nitriles is 1. The third kappa shape index (κ3) is 3.02. The maximum absolute atomic E-state index is 13.2. The fraction of sp³-hybridized carbons (Fsp3) is 0.0833. The molecule has 0 unspecified atom stereocenters. The second-order valence-corrected chi connectivity index (χ2v) is 4.34. The van der Waals surface area contributed by atoms with E-state index in [1.54, 1.807) is 30.5 Å². The van der Waals surface area contributed by atoms with Crippen LogP contribution in [0.3, 0.4) is 0 Å². The van der Waals surface area contributed by atoms with Crippen LogP contribution in [-0.2, 0) is 6.54 Å². The Morgan fingerprint density at radius 3 is 2.94 bits per heavy atom. The number of hydrogen-bond acceptors (Lipinski definition) is 4. The molecule has 0 fully saturated rings. The second kappa shape index (κ2) is 5.56. The van der Waals surface area contributed by atoms with E-state index in [1.165, 1.54) is 0 Å². The van der Waals surface area contributed by atoms with Crippen LogP contribution < -0.4 is 5.32 Å². The average Bonchev–Trinajstić information content (AvgIpc) is 2.40. The number of nitrogens with zero attached hydrogens (tertiary/aromatic N) is 3. The first kappa shape index (κ1) is 12.5. The van der Waals surface area contributed by atoms with Crippen molar-refractivity contribution in [2.45, 2.75) is 6.54 Å². The van der Waals surface area contributed by atoms with Gasteiger partial charge in [0.1, 0.15) is 17.6 Å². The third-order valence-corrected chi connectivity index (χ3v) is 2.81. The fourth-order valence-corrected chi connectivity index (χ4v) is 1.57. The molecule has 2 aromatic heterocycles. The molecule has 0 aliphatic heterocycles. The fourth-order valence-electron chi connectivity index (χ4n) is 1.35. The van der Waals surface area contributed by atoms with Crippen molar-refractivity contribution in [1.29, 1.82) is 5.26 Å². The van der Waals surface area contributed by atoms with E-state index in [0.29, 0.717) is 22.5 Å². The lowest BCUT2D eigenvalue weighted by Gasteiger charge is -2.06. The van der Waals surface area contributed by atoms with E-state index in [4.69, 9.17) is 5.26 Å². The van der Waals surface area contributed by atoms with Crippen molar-refractivity contribution in [3.8, 4) is 6.07 Å². The SMILES string of the molecule is N#Cc1cc(CNc2ccc(Br)c(F)n2)ccn1. The largest absolute Gasteiger partial charge is 0.366 e. The first-order valence-electron chi connectivity index (χ1n) is 5.10. The minimum Gasteiger partial charge on any atom is -0.366 e. The van der Waals surface area contributed by atoms with Crippen LogP contribution in [0.15, 0.2) is 34.9 Å². The van der Waals surface area contributed by atoms with Crippen molar-refractivity contribution in [3.63, 3.8) is 0 Å². The Bertz CT molecular complexity index is 609. The summed E-state index contributed by atoms with van der Waals surface area (Å²) in [5, 5.41) is 11.7. The molecule has 6 heteroatoms. The summed E-state index contributed by atoms with van der Waals surface area (Å²) >= 11 is 3.03. The van der Waals surface area contributed by atoms with Crippen molar-refractivity contribution in [3.05, 3.63) is 52.1 Å². The molecule has 1 N–H and O–H groups in total. The summed E-state index contributed by atoms with van der Waals surface area (Å²) in [7, 11) is 0. The lowest BCUT2D eigenvalue weighted by Crippen LogP contribution is -2.03. The molecule has 0 atom stereocenters. The molecule has 2 rings (SSSR count). The van der Waals surface area contributed by atoms with Crippen LogP contribution in [0.1, 0.15) is 11.3 Å². The molecule has 4 nitrogen and oxygen atoms in total. The van der Waals surface area contributed by atoms with Crippen molar-refractivity contribution >= 4 is 21.7 Å². The molecule has 0 aliphatic rings. The Balaban J connectivity index is 2.07. The van der Waals surface area contributed by atoms with E-state index in [9.17, 15) is 4.39 Å². The zero-order valence-electron chi connectivity index (χ0n) is 9.19. The van der Waals surface area contributed by atoms with Gasteiger partial charge in [-0.25, -0.2) is 9.97 Å². The highest BCUT2D eigenvalue weighted by molar-refractivity contribution is 9.10. The predicted octanol–water partition coefficient (Wildman–Crippen LogP) is 2.86. The van der Waals surface area contributed by atoms with Crippen molar-refractivity contribution in [1.82, 2.24) is 9.97 Å². The lowest BCUT2D eigenvalue weighted by atomic mass is 10.2. The number of aromatic nitrogens is 2. The van der Waals surface area contributed by atoms with Crippen molar-refractivity contribution in [2.24, 2.45) is 0 Å². The number of rotatable bonds is 3. The Morgan fingerprint density at radius 1 is 1.39 bits per heavy atom. The third-order valence-electron chi connectivity index (χ3n) is 2.22. The number of nitrogens with one attached hydrogen (secondary N) is 1. The summed E-state index contributed by atoms with van der Waals surface area (Å²) in [6, 6.07) is 8.66. The Morgan fingerprint density at radius 2 is 2.22 bits per heavy atom. The quantitative estimate of drug-likeness (QED) is 0.886. The highest BCUT2D eigenvalue weighted by atomic mass is 79.9. The standard InChI is InChI=1S/C12H8BrFN4/c13-10-1-2-11(18-12(10)14)17-7-8-3-4-16-9(5-8)6-15/h1-5H,7H2,(H,17,18). The molecule has 0 radical (unpaired) electrons. The molecule has 0 bridgehead atoms. The van der Waals surface area contributed by atoms with Gasteiger partial charge in [0.2, 0.25) is 5.95 Å². The Labute approximate surface area is 112 Å². The maximum atomic E-state index is 13.2. The number of hydrogen-bond donors (Lipinski definition) is 1. The molecule has 2 heterocycles. The highest BCUT2D eigenvalue weighted by Crippen LogP contribution is 2.16. The highest BCUT2D eigenvalue weighted by Gasteiger charge is 2.02. The van der Waals surface area contributed by atoms with Crippen LogP contribution in [0.5, 0.6) is 0 Å². The molecule has 0 aliphatic carbocycles. The summed E-state index contributed by atoms with van der Waals surface area (Å²) in [6.07, 6.45) is 1.56. The summed E-state index contributed by atoms with van der Waals surface area (Å²) < 4.78 is 13.5. The smallest absolute Gasteiger partial charge is 0.229 e. The van der Waals surface area contributed by atoms with Crippen molar-refractivity contribution < 1.29 is 4.39 Å². The van der Waals surface area contributed by atoms with Crippen molar-refractivity contribution in [2.75, 3.05) is 5.32 Å². The minimum absolute atomic E-state index is 0.323. The number of halogens is 2. The summed E-state index contributed by atoms with van der Waals surface area (Å²) in [5.74, 6) is -0.126. The van der Waals surface area contributed by atoms with Gasteiger partial charge in [0.05, 0.1) is 4.47 Å². The van der Waals surface area contributed by atoms with Gasteiger partial charge in [-0.05, 0) is 45.8 Å². The van der Waals surface area contributed by atoms with Gasteiger partial charge >= 0.3 is 0 Å². The molecule has 90 valence electrons. The maximum Gasteiger partial charge on any atom is 0.229 e.